The molecule has 82 valence electrons. The zero-order valence-corrected chi connectivity index (χ0v) is 7.94. The molecular formula is C8H8O7. The Morgan fingerprint density at radius 3 is 1.47 bits per heavy atom. The van der Waals surface area contributed by atoms with Crippen LogP contribution in [0.1, 0.15) is 13.8 Å². The minimum Gasteiger partial charge on any atom is -0.388 e. The quantitative estimate of drug-likeness (QED) is 0.394. The van der Waals surface area contributed by atoms with Crippen LogP contribution in [-0.4, -0.2) is 44.9 Å². The summed E-state index contributed by atoms with van der Waals surface area (Å²) in [5.74, 6) is -5.76. The molecule has 1 heterocycles. The molecule has 1 rings (SSSR count). The van der Waals surface area contributed by atoms with Crippen molar-refractivity contribution in [1.29, 1.82) is 0 Å². The van der Waals surface area contributed by atoms with Crippen LogP contribution in [0.4, 0.5) is 0 Å². The van der Waals surface area contributed by atoms with Gasteiger partial charge in [-0.25, -0.2) is 9.59 Å². The van der Waals surface area contributed by atoms with Gasteiger partial charge < -0.3 is 14.9 Å². The molecule has 2 atom stereocenters. The van der Waals surface area contributed by atoms with Gasteiger partial charge in [0.25, 0.3) is 11.2 Å². The van der Waals surface area contributed by atoms with Gasteiger partial charge in [0.1, 0.15) is 0 Å². The summed E-state index contributed by atoms with van der Waals surface area (Å²) >= 11 is 0. The van der Waals surface area contributed by atoms with E-state index in [9.17, 15) is 29.4 Å². The smallest absolute Gasteiger partial charge is 0.358 e. The van der Waals surface area contributed by atoms with E-state index >= 15 is 0 Å². The van der Waals surface area contributed by atoms with Crippen LogP contribution >= 0.6 is 0 Å². The first-order chi connectivity index (χ1) is 6.69. The van der Waals surface area contributed by atoms with Gasteiger partial charge in [0.2, 0.25) is 0 Å². The normalized spacial score (nSPS) is 35.2. The SMILES string of the molecule is CC(=O)C1(O)C(=O)OC(=O)C1(O)C(C)=O. The number of ether oxygens (including phenoxy) is 1. The number of esters is 2. The minimum absolute atomic E-state index is 0.758. The fourth-order valence-corrected chi connectivity index (χ4v) is 1.32. The average Bonchev–Trinajstić information content (AvgIpc) is 2.29. The molecule has 2 unspecified atom stereocenters. The zero-order chi connectivity index (χ0) is 12.0. The molecule has 1 saturated heterocycles. The van der Waals surface area contributed by atoms with Gasteiger partial charge in [-0.2, -0.15) is 0 Å². The largest absolute Gasteiger partial charge is 0.388 e. The van der Waals surface area contributed by atoms with E-state index in [4.69, 9.17) is 0 Å². The van der Waals surface area contributed by atoms with Crippen LogP contribution in [-0.2, 0) is 23.9 Å². The van der Waals surface area contributed by atoms with E-state index in [0.717, 1.165) is 13.8 Å². The molecule has 1 aliphatic heterocycles. The summed E-state index contributed by atoms with van der Waals surface area (Å²) in [6.45, 7) is 1.52. The minimum atomic E-state index is -3.14. The van der Waals surface area contributed by atoms with Crippen molar-refractivity contribution in [2.75, 3.05) is 0 Å². The summed E-state index contributed by atoms with van der Waals surface area (Å²) in [5.41, 5.74) is -6.29. The van der Waals surface area contributed by atoms with E-state index in [-0.39, 0.29) is 0 Å². The first kappa shape index (κ1) is 11.5. The Hall–Kier alpha value is -1.60. The Balaban J connectivity index is 3.48. The van der Waals surface area contributed by atoms with Crippen molar-refractivity contribution < 1.29 is 34.1 Å². The monoisotopic (exact) mass is 216 g/mol. The number of hydrogen-bond acceptors (Lipinski definition) is 7. The van der Waals surface area contributed by atoms with Crippen molar-refractivity contribution in [2.24, 2.45) is 0 Å². The molecular weight excluding hydrogens is 208 g/mol. The maximum absolute atomic E-state index is 11.0. The number of aliphatic hydroxyl groups is 2. The summed E-state index contributed by atoms with van der Waals surface area (Å²) in [7, 11) is 0. The van der Waals surface area contributed by atoms with Crippen molar-refractivity contribution >= 4 is 23.5 Å². The third kappa shape index (κ3) is 1.07. The Labute approximate surface area is 83.6 Å². The number of carbonyl (C=O) groups is 4. The zero-order valence-electron chi connectivity index (χ0n) is 7.94. The molecule has 0 aliphatic carbocycles. The fourth-order valence-electron chi connectivity index (χ4n) is 1.32. The molecule has 0 radical (unpaired) electrons. The number of Topliss-reactive ketones (excluding diaryl/α,β-unsaturated/α-hetero) is 2. The first-order valence-corrected chi connectivity index (χ1v) is 3.92. The molecule has 0 saturated carbocycles. The predicted molar refractivity (Wildman–Crippen MR) is 42.4 cm³/mol. The molecule has 7 nitrogen and oxygen atoms in total. The Morgan fingerprint density at radius 1 is 1.00 bits per heavy atom. The van der Waals surface area contributed by atoms with E-state index in [1.807, 2.05) is 0 Å². The lowest BCUT2D eigenvalue weighted by molar-refractivity contribution is -0.179. The Morgan fingerprint density at radius 2 is 1.27 bits per heavy atom. The highest BCUT2D eigenvalue weighted by atomic mass is 16.6. The lowest BCUT2D eigenvalue weighted by Crippen LogP contribution is -2.64. The van der Waals surface area contributed by atoms with E-state index in [1.165, 1.54) is 0 Å². The molecule has 1 fully saturated rings. The second-order valence-electron chi connectivity index (χ2n) is 3.21. The van der Waals surface area contributed by atoms with Crippen molar-refractivity contribution in [2.45, 2.75) is 25.0 Å². The number of hydrogen-bond donors (Lipinski definition) is 2. The van der Waals surface area contributed by atoms with Crippen LogP contribution in [0.3, 0.4) is 0 Å². The van der Waals surface area contributed by atoms with Crippen LogP contribution in [0.25, 0.3) is 0 Å². The maximum Gasteiger partial charge on any atom is 0.358 e. The lowest BCUT2D eigenvalue weighted by atomic mass is 9.79. The van der Waals surface area contributed by atoms with Crippen LogP contribution in [0.5, 0.6) is 0 Å². The average molecular weight is 216 g/mol. The molecule has 0 spiro atoms. The second-order valence-corrected chi connectivity index (χ2v) is 3.21. The molecule has 7 heteroatoms. The molecule has 0 aromatic rings. The molecule has 0 amide bonds. The maximum atomic E-state index is 11.0. The Kier molecular flexibility index (Phi) is 2.25. The number of ketones is 2. The van der Waals surface area contributed by atoms with Crippen LogP contribution < -0.4 is 0 Å². The van der Waals surface area contributed by atoms with Gasteiger partial charge in [0.15, 0.2) is 11.6 Å². The highest BCUT2D eigenvalue weighted by Gasteiger charge is 2.73. The van der Waals surface area contributed by atoms with Gasteiger partial charge in [0, 0.05) is 0 Å². The summed E-state index contributed by atoms with van der Waals surface area (Å²) in [4.78, 5) is 44.1. The number of rotatable bonds is 2. The van der Waals surface area contributed by atoms with Gasteiger partial charge in [-0.1, -0.05) is 0 Å². The number of carbonyl (C=O) groups excluding carboxylic acids is 4. The van der Waals surface area contributed by atoms with E-state index in [0.29, 0.717) is 0 Å². The van der Waals surface area contributed by atoms with E-state index < -0.39 is 34.7 Å². The van der Waals surface area contributed by atoms with Crippen molar-refractivity contribution in [3.8, 4) is 0 Å². The molecule has 1 aliphatic rings. The van der Waals surface area contributed by atoms with Crippen molar-refractivity contribution in [3.05, 3.63) is 0 Å². The van der Waals surface area contributed by atoms with E-state index in [2.05, 4.69) is 4.74 Å². The molecule has 0 aromatic heterocycles. The summed E-state index contributed by atoms with van der Waals surface area (Å²) in [5, 5.41) is 19.2. The first-order valence-electron chi connectivity index (χ1n) is 3.92. The van der Waals surface area contributed by atoms with Crippen LogP contribution in [0.2, 0.25) is 0 Å². The van der Waals surface area contributed by atoms with Crippen LogP contribution in [0, 0.1) is 0 Å². The van der Waals surface area contributed by atoms with Crippen molar-refractivity contribution in [1.82, 2.24) is 0 Å². The summed E-state index contributed by atoms with van der Waals surface area (Å²) < 4.78 is 3.90. The summed E-state index contributed by atoms with van der Waals surface area (Å²) in [6.07, 6.45) is 0. The molecule has 2 N–H and O–H groups in total. The fraction of sp³-hybridized carbons (Fsp3) is 0.500. The topological polar surface area (TPSA) is 118 Å². The predicted octanol–water partition coefficient (Wildman–Crippen LogP) is -2.29. The molecule has 0 aromatic carbocycles. The highest BCUT2D eigenvalue weighted by Crippen LogP contribution is 2.34. The van der Waals surface area contributed by atoms with Crippen LogP contribution in [0.15, 0.2) is 0 Å². The highest BCUT2D eigenvalue weighted by molar-refractivity contribution is 6.27. The number of cyclic esters (lactones) is 2. The van der Waals surface area contributed by atoms with Gasteiger partial charge >= 0.3 is 11.9 Å². The summed E-state index contributed by atoms with van der Waals surface area (Å²) in [6, 6.07) is 0. The van der Waals surface area contributed by atoms with Gasteiger partial charge in [-0.15, -0.1) is 0 Å². The third-order valence-electron chi connectivity index (χ3n) is 2.32. The molecule has 0 bridgehead atoms. The standard InChI is InChI=1S/C8H8O7/c1-3(9)7(13)5(11)15-6(12)8(7,14)4(2)10/h13-14H,1-2H3. The van der Waals surface area contributed by atoms with Gasteiger partial charge in [0.05, 0.1) is 0 Å². The Bertz CT molecular complexity index is 348. The van der Waals surface area contributed by atoms with Crippen molar-refractivity contribution in [3.63, 3.8) is 0 Å². The molecule has 15 heavy (non-hydrogen) atoms. The van der Waals surface area contributed by atoms with Gasteiger partial charge in [-0.05, 0) is 13.8 Å². The lowest BCUT2D eigenvalue weighted by Gasteiger charge is -2.26. The third-order valence-corrected chi connectivity index (χ3v) is 2.32. The van der Waals surface area contributed by atoms with Gasteiger partial charge in [-0.3, -0.25) is 9.59 Å². The second kappa shape index (κ2) is 2.94. The van der Waals surface area contributed by atoms with E-state index in [1.54, 1.807) is 0 Å².